The van der Waals surface area contributed by atoms with Crippen molar-refractivity contribution in [1.82, 2.24) is 9.13 Å². The van der Waals surface area contributed by atoms with E-state index < -0.39 is 0 Å². The molecule has 0 bridgehead atoms. The SMILES string of the molecule is CC(C)c1ccc2c(c1)c1c(n2C)B2c3c(cccc3N(c3cccc4c5ccccc5c5ccccc5c34)c3c2n(C)c2ccc(C(C)C)cc32)N1c1ccc2c3ccccc3c3ccccc3c2c1. The van der Waals surface area contributed by atoms with Gasteiger partial charge in [-0.25, -0.2) is 0 Å². The molecule has 0 amide bonds. The molecule has 71 heavy (non-hydrogen) atoms. The Morgan fingerprint density at radius 2 is 0.732 bits per heavy atom. The van der Waals surface area contributed by atoms with Crippen LogP contribution in [0.2, 0.25) is 0 Å². The molecule has 0 atom stereocenters. The quantitative estimate of drug-likeness (QED) is 0.129. The van der Waals surface area contributed by atoms with Crippen molar-refractivity contribution in [3.05, 3.63) is 199 Å². The van der Waals surface area contributed by atoms with Crippen molar-refractivity contribution >= 4 is 144 Å². The smallest absolute Gasteiger partial charge is 0.292 e. The summed E-state index contributed by atoms with van der Waals surface area (Å²) >= 11 is 0. The maximum Gasteiger partial charge on any atom is 0.292 e. The zero-order valence-electron chi connectivity index (χ0n) is 40.9. The van der Waals surface area contributed by atoms with Crippen molar-refractivity contribution in [2.75, 3.05) is 9.80 Å². The number of hydrogen-bond donors (Lipinski definition) is 0. The third-order valence-electron chi connectivity index (χ3n) is 16.6. The van der Waals surface area contributed by atoms with E-state index >= 15 is 0 Å². The number of anilines is 6. The van der Waals surface area contributed by atoms with Crippen LogP contribution in [0.5, 0.6) is 0 Å². The van der Waals surface area contributed by atoms with Crippen LogP contribution in [0.15, 0.2) is 188 Å². The fourth-order valence-electron chi connectivity index (χ4n) is 13.3. The van der Waals surface area contributed by atoms with Gasteiger partial charge in [-0.05, 0) is 142 Å². The lowest BCUT2D eigenvalue weighted by Crippen LogP contribution is -2.64. The molecule has 4 heterocycles. The molecule has 0 aliphatic carbocycles. The first-order valence-corrected chi connectivity index (χ1v) is 25.4. The van der Waals surface area contributed by atoms with E-state index in [4.69, 9.17) is 0 Å². The summed E-state index contributed by atoms with van der Waals surface area (Å²) in [6.07, 6.45) is 0. The second-order valence-corrected chi connectivity index (χ2v) is 20.9. The second kappa shape index (κ2) is 14.6. The predicted molar refractivity (Wildman–Crippen MR) is 307 cm³/mol. The molecule has 5 heteroatoms. The molecule has 2 aromatic heterocycles. The predicted octanol–water partition coefficient (Wildman–Crippen LogP) is 15.9. The summed E-state index contributed by atoms with van der Waals surface area (Å²) in [4.78, 5) is 5.30. The van der Waals surface area contributed by atoms with Crippen molar-refractivity contribution in [1.29, 1.82) is 0 Å². The molecule has 0 saturated carbocycles. The van der Waals surface area contributed by atoms with Gasteiger partial charge in [0.25, 0.3) is 6.71 Å². The Hall–Kier alpha value is -8.28. The standard InChI is InChI=1S/C66H51BN4/c1-38(2)40-29-33-56-54(35-40)63-65(68(56)5)67-62-59(70(63)42-31-32-50-45-19-8-7-17-43(45)44-18-10-12-23-49(44)53(50)37-42)27-16-28-60(62)71(64-55-36-41(39(3)4)30-34-57(55)69(6)66(64)67)58-26-15-25-52-48-21-11-9-20-46(48)47-22-13-14-24-51(47)61(52)58/h7-39H,1-6H3. The third-order valence-corrected chi connectivity index (χ3v) is 16.6. The summed E-state index contributed by atoms with van der Waals surface area (Å²) in [7, 11) is 4.63. The highest BCUT2D eigenvalue weighted by Crippen LogP contribution is 2.52. The van der Waals surface area contributed by atoms with Gasteiger partial charge in [0.05, 0.1) is 17.1 Å². The molecule has 0 unspecified atom stereocenters. The van der Waals surface area contributed by atoms with Crippen LogP contribution in [-0.2, 0) is 14.1 Å². The lowest BCUT2D eigenvalue weighted by Gasteiger charge is -2.43. The van der Waals surface area contributed by atoms with E-state index in [9.17, 15) is 0 Å². The van der Waals surface area contributed by atoms with Gasteiger partial charge in [-0.3, -0.25) is 0 Å². The molecular weight excluding hydrogens is 860 g/mol. The van der Waals surface area contributed by atoms with Gasteiger partial charge in [-0.15, -0.1) is 0 Å². The van der Waals surface area contributed by atoms with Crippen molar-refractivity contribution in [3.8, 4) is 0 Å². The van der Waals surface area contributed by atoms with Crippen LogP contribution in [0, 0.1) is 0 Å². The molecule has 4 nitrogen and oxygen atoms in total. The highest BCUT2D eigenvalue weighted by atomic mass is 15.2. The average molecular weight is 911 g/mol. The molecule has 0 N–H and O–H groups in total. The fourth-order valence-corrected chi connectivity index (χ4v) is 13.3. The summed E-state index contributed by atoms with van der Waals surface area (Å²) in [5.41, 5.74) is 16.4. The Kier molecular flexibility index (Phi) is 8.37. The van der Waals surface area contributed by atoms with E-state index in [-0.39, 0.29) is 6.71 Å². The van der Waals surface area contributed by atoms with Crippen LogP contribution in [0.3, 0.4) is 0 Å². The monoisotopic (exact) mass is 910 g/mol. The summed E-state index contributed by atoms with van der Waals surface area (Å²) in [5.74, 6) is 0.753. The molecular formula is C66H51BN4. The first-order valence-electron chi connectivity index (χ1n) is 25.4. The van der Waals surface area contributed by atoms with Crippen molar-refractivity contribution < 1.29 is 0 Å². The zero-order valence-corrected chi connectivity index (χ0v) is 40.9. The summed E-state index contributed by atoms with van der Waals surface area (Å²) in [6, 6.07) is 71.7. The minimum absolute atomic E-state index is 0.0729. The Labute approximate surface area is 413 Å². The highest BCUT2D eigenvalue weighted by molar-refractivity contribution is 7.00. The number of fused-ring (bicyclic) bond motifs is 20. The maximum absolute atomic E-state index is 2.67. The van der Waals surface area contributed by atoms with E-state index in [1.54, 1.807) is 0 Å². The van der Waals surface area contributed by atoms with E-state index in [0.29, 0.717) is 11.8 Å². The molecule has 2 aliphatic rings. The Morgan fingerprint density at radius 3 is 1.24 bits per heavy atom. The lowest BCUT2D eigenvalue weighted by atomic mass is 9.36. The second-order valence-electron chi connectivity index (χ2n) is 20.9. The van der Waals surface area contributed by atoms with Gasteiger partial charge in [-0.2, -0.15) is 0 Å². The molecule has 2 aliphatic heterocycles. The topological polar surface area (TPSA) is 16.3 Å². The zero-order chi connectivity index (χ0) is 47.6. The van der Waals surface area contributed by atoms with Crippen LogP contribution in [-0.4, -0.2) is 15.8 Å². The average Bonchev–Trinajstić information content (AvgIpc) is 3.87. The highest BCUT2D eigenvalue weighted by Gasteiger charge is 2.48. The number of rotatable bonds is 4. The summed E-state index contributed by atoms with van der Waals surface area (Å²) < 4.78 is 5.07. The van der Waals surface area contributed by atoms with Gasteiger partial charge in [-0.1, -0.05) is 161 Å². The Bertz CT molecular complexity index is 4390. The minimum Gasteiger partial charge on any atom is -0.353 e. The van der Waals surface area contributed by atoms with E-state index in [1.165, 1.54) is 143 Å². The van der Waals surface area contributed by atoms with Crippen LogP contribution < -0.4 is 26.4 Å². The van der Waals surface area contributed by atoms with Crippen molar-refractivity contribution in [2.24, 2.45) is 14.1 Å². The molecule has 0 spiro atoms. The van der Waals surface area contributed by atoms with Crippen molar-refractivity contribution in [3.63, 3.8) is 0 Å². The number of aromatic nitrogens is 2. The lowest BCUT2D eigenvalue weighted by molar-refractivity contribution is 0.868. The molecule has 0 radical (unpaired) electrons. The van der Waals surface area contributed by atoms with Gasteiger partial charge >= 0.3 is 0 Å². The van der Waals surface area contributed by atoms with Gasteiger partial charge < -0.3 is 18.9 Å². The van der Waals surface area contributed by atoms with Gasteiger partial charge in [0, 0.05) is 69.5 Å². The largest absolute Gasteiger partial charge is 0.353 e. The number of hydrogen-bond acceptors (Lipinski definition) is 2. The summed E-state index contributed by atoms with van der Waals surface area (Å²) in [6.45, 7) is 9.20. The fraction of sp³-hybridized carbons (Fsp3) is 0.121. The first kappa shape index (κ1) is 40.6. The minimum atomic E-state index is -0.0729. The molecule has 338 valence electrons. The van der Waals surface area contributed by atoms with Gasteiger partial charge in [0.15, 0.2) is 0 Å². The van der Waals surface area contributed by atoms with Gasteiger partial charge in [0.1, 0.15) is 0 Å². The molecule has 0 saturated heterocycles. The number of nitrogens with zero attached hydrogens (tertiary/aromatic N) is 4. The first-order chi connectivity index (χ1) is 34.8. The Balaban J connectivity index is 1.11. The normalized spacial score (nSPS) is 13.4. The van der Waals surface area contributed by atoms with Crippen LogP contribution >= 0.6 is 0 Å². The molecule has 0 fully saturated rings. The van der Waals surface area contributed by atoms with Crippen LogP contribution in [0.4, 0.5) is 34.1 Å². The van der Waals surface area contributed by atoms with E-state index in [1.807, 2.05) is 0 Å². The third kappa shape index (κ3) is 5.36. The molecule has 13 aromatic rings. The maximum atomic E-state index is 2.67. The molecule has 11 aromatic carbocycles. The summed E-state index contributed by atoms with van der Waals surface area (Å²) in [5, 5.41) is 17.9. The van der Waals surface area contributed by atoms with Crippen LogP contribution in [0.25, 0.3) is 86.4 Å². The number of benzene rings is 11. The number of aryl methyl sites for hydroxylation is 2. The van der Waals surface area contributed by atoms with Gasteiger partial charge in [0.2, 0.25) is 0 Å². The Morgan fingerprint density at radius 1 is 0.338 bits per heavy atom. The molecule has 15 rings (SSSR count). The van der Waals surface area contributed by atoms with Crippen LogP contribution in [0.1, 0.15) is 50.7 Å². The van der Waals surface area contributed by atoms with E-state index in [2.05, 4.69) is 249 Å². The van der Waals surface area contributed by atoms with E-state index in [0.717, 1.165) is 5.69 Å². The van der Waals surface area contributed by atoms with Crippen molar-refractivity contribution in [2.45, 2.75) is 39.5 Å².